The number of carbonyl (C=O) groups excluding carboxylic acids is 1. The van der Waals surface area contributed by atoms with Crippen LogP contribution >= 0.6 is 0 Å². The van der Waals surface area contributed by atoms with Gasteiger partial charge in [0.1, 0.15) is 17.4 Å². The molecular weight excluding hydrogens is 356 g/mol. The fourth-order valence-corrected chi connectivity index (χ4v) is 3.78. The maximum absolute atomic E-state index is 12.8. The Morgan fingerprint density at radius 1 is 1.25 bits per heavy atom. The Labute approximate surface area is 164 Å². The zero-order valence-corrected chi connectivity index (χ0v) is 16.4. The van der Waals surface area contributed by atoms with E-state index in [1.807, 2.05) is 32.0 Å². The number of ketones is 1. The Hall–Kier alpha value is -3.07. The van der Waals surface area contributed by atoms with Crippen LogP contribution in [0.1, 0.15) is 64.3 Å². The minimum atomic E-state index is -0.531. The number of hydrogen-bond acceptors (Lipinski definition) is 5. The number of nitrogens with zero attached hydrogens (tertiary/aromatic N) is 2. The highest BCUT2D eigenvalue weighted by Crippen LogP contribution is 2.34. The smallest absolute Gasteiger partial charge is 0.271 e. The first kappa shape index (κ1) is 19.7. The molecule has 1 aliphatic rings. The van der Waals surface area contributed by atoms with Gasteiger partial charge in [0.2, 0.25) is 11.7 Å². The number of benzene rings is 1. The lowest BCUT2D eigenvalue weighted by Gasteiger charge is -2.20. The number of aromatic hydroxyl groups is 1. The van der Waals surface area contributed by atoms with Gasteiger partial charge in [-0.15, -0.1) is 0 Å². The number of Topliss-reactive ketones (excluding diaryl/α,β-unsaturated/α-hetero) is 1. The first-order valence-corrected chi connectivity index (χ1v) is 9.46. The lowest BCUT2D eigenvalue weighted by Crippen LogP contribution is -2.29. The molecule has 1 heterocycles. The number of nitriles is 1. The van der Waals surface area contributed by atoms with E-state index >= 15 is 0 Å². The number of pyridine rings is 1. The summed E-state index contributed by atoms with van der Waals surface area (Å²) in [6.45, 7) is 5.17. The van der Waals surface area contributed by atoms with Crippen LogP contribution in [0.3, 0.4) is 0 Å². The molecule has 28 heavy (non-hydrogen) atoms. The number of aryl methyl sites for hydroxylation is 2. The Bertz CT molecular complexity index is 1020. The van der Waals surface area contributed by atoms with Crippen molar-refractivity contribution in [3.05, 3.63) is 56.4 Å². The monoisotopic (exact) mass is 380 g/mol. The van der Waals surface area contributed by atoms with Gasteiger partial charge in [-0.05, 0) is 62.4 Å². The number of aromatic nitrogens is 1. The average molecular weight is 380 g/mol. The second-order valence-corrected chi connectivity index (χ2v) is 7.38. The molecule has 1 N–H and O–H groups in total. The van der Waals surface area contributed by atoms with E-state index in [2.05, 4.69) is 0 Å². The Balaban J connectivity index is 1.96. The molecule has 0 atom stereocenters. The normalized spacial score (nSPS) is 14.1. The molecule has 1 fully saturated rings. The molecule has 6 heteroatoms. The molecule has 0 saturated heterocycles. The number of ether oxygens (including phenoxy) is 1. The number of rotatable bonds is 5. The van der Waals surface area contributed by atoms with Crippen LogP contribution in [-0.2, 0) is 0 Å². The lowest BCUT2D eigenvalue weighted by molar-refractivity contribution is 0.0916. The second kappa shape index (κ2) is 7.89. The van der Waals surface area contributed by atoms with Gasteiger partial charge in [-0.3, -0.25) is 14.2 Å². The van der Waals surface area contributed by atoms with Crippen LogP contribution in [-0.4, -0.2) is 22.1 Å². The molecule has 3 rings (SSSR count). The third-order valence-corrected chi connectivity index (χ3v) is 5.56. The van der Waals surface area contributed by atoms with E-state index in [1.54, 1.807) is 6.07 Å². The highest BCUT2D eigenvalue weighted by Gasteiger charge is 2.29. The molecule has 2 aromatic rings. The lowest BCUT2D eigenvalue weighted by atomic mass is 10.0. The third-order valence-electron chi connectivity index (χ3n) is 5.56. The fourth-order valence-electron chi connectivity index (χ4n) is 3.78. The Morgan fingerprint density at radius 3 is 2.54 bits per heavy atom. The number of carbonyl (C=O) groups is 1. The van der Waals surface area contributed by atoms with Crippen LogP contribution in [0, 0.1) is 32.1 Å². The predicted octanol–water partition coefficient (Wildman–Crippen LogP) is 3.73. The topological polar surface area (TPSA) is 92.3 Å². The van der Waals surface area contributed by atoms with Crippen LogP contribution in [0.15, 0.2) is 23.0 Å². The summed E-state index contributed by atoms with van der Waals surface area (Å²) in [7, 11) is 0. The van der Waals surface area contributed by atoms with E-state index in [-0.39, 0.29) is 35.2 Å². The van der Waals surface area contributed by atoms with Crippen LogP contribution < -0.4 is 10.3 Å². The minimum Gasteiger partial charge on any atom is -0.494 e. The van der Waals surface area contributed by atoms with Gasteiger partial charge in [0.15, 0.2) is 6.61 Å². The van der Waals surface area contributed by atoms with Crippen molar-refractivity contribution in [2.75, 3.05) is 6.61 Å². The van der Waals surface area contributed by atoms with E-state index in [9.17, 15) is 20.0 Å². The Kier molecular flexibility index (Phi) is 5.55. The van der Waals surface area contributed by atoms with Crippen LogP contribution in [0.4, 0.5) is 0 Å². The van der Waals surface area contributed by atoms with Gasteiger partial charge in [-0.25, -0.2) is 0 Å². The highest BCUT2D eigenvalue weighted by atomic mass is 16.5. The van der Waals surface area contributed by atoms with Gasteiger partial charge in [0.05, 0.1) is 5.56 Å². The van der Waals surface area contributed by atoms with E-state index in [0.717, 1.165) is 36.8 Å². The van der Waals surface area contributed by atoms with Crippen molar-refractivity contribution in [2.45, 2.75) is 52.5 Å². The maximum Gasteiger partial charge on any atom is 0.271 e. The summed E-state index contributed by atoms with van der Waals surface area (Å²) >= 11 is 0. The Morgan fingerprint density at radius 2 is 1.93 bits per heavy atom. The largest absolute Gasteiger partial charge is 0.494 e. The summed E-state index contributed by atoms with van der Waals surface area (Å²) in [6.07, 6.45) is 3.39. The predicted molar refractivity (Wildman–Crippen MR) is 105 cm³/mol. The summed E-state index contributed by atoms with van der Waals surface area (Å²) in [4.78, 5) is 25.5. The van der Waals surface area contributed by atoms with Gasteiger partial charge in [0.25, 0.3) is 5.56 Å². The molecule has 1 aromatic heterocycles. The first-order chi connectivity index (χ1) is 13.3. The summed E-state index contributed by atoms with van der Waals surface area (Å²) < 4.78 is 6.83. The van der Waals surface area contributed by atoms with Gasteiger partial charge in [-0.2, -0.15) is 5.26 Å². The van der Waals surface area contributed by atoms with Crippen molar-refractivity contribution in [1.29, 1.82) is 5.26 Å². The van der Waals surface area contributed by atoms with E-state index in [0.29, 0.717) is 5.75 Å². The van der Waals surface area contributed by atoms with Crippen molar-refractivity contribution in [1.82, 2.24) is 4.57 Å². The van der Waals surface area contributed by atoms with Gasteiger partial charge < -0.3 is 9.84 Å². The molecule has 0 radical (unpaired) electrons. The van der Waals surface area contributed by atoms with E-state index < -0.39 is 11.3 Å². The molecule has 0 spiro atoms. The molecule has 0 bridgehead atoms. The summed E-state index contributed by atoms with van der Waals surface area (Å²) in [5, 5.41) is 20.2. The van der Waals surface area contributed by atoms with Crippen molar-refractivity contribution in [3.63, 3.8) is 0 Å². The third kappa shape index (κ3) is 3.53. The molecular formula is C22H24N2O4. The zero-order valence-electron chi connectivity index (χ0n) is 16.4. The quantitative estimate of drug-likeness (QED) is 0.798. The molecule has 1 aliphatic carbocycles. The maximum atomic E-state index is 12.8. The van der Waals surface area contributed by atoms with Crippen molar-refractivity contribution in [3.8, 4) is 17.7 Å². The molecule has 1 saturated carbocycles. The van der Waals surface area contributed by atoms with E-state index in [4.69, 9.17) is 4.74 Å². The number of hydrogen-bond donors (Lipinski definition) is 1. The second-order valence-electron chi connectivity index (χ2n) is 7.38. The van der Waals surface area contributed by atoms with Crippen LogP contribution in [0.5, 0.6) is 11.6 Å². The van der Waals surface area contributed by atoms with Crippen molar-refractivity contribution < 1.29 is 14.6 Å². The molecule has 6 nitrogen and oxygen atoms in total. The first-order valence-electron chi connectivity index (χ1n) is 9.46. The molecule has 1 aromatic carbocycles. The standard InChI is InChI=1S/C22H24N2O4/c1-13-8-9-17(10-14(13)2)28-12-19(25)20-15(3)18(11-23)21(26)24(22(20)27)16-6-4-5-7-16/h8-10,16,27H,4-7,12H2,1-3H3. The highest BCUT2D eigenvalue weighted by molar-refractivity contribution is 6.01. The molecule has 0 aliphatic heterocycles. The molecule has 146 valence electrons. The summed E-state index contributed by atoms with van der Waals surface area (Å²) in [5.74, 6) is -0.267. The average Bonchev–Trinajstić information content (AvgIpc) is 3.17. The molecule has 0 unspecified atom stereocenters. The van der Waals surface area contributed by atoms with Gasteiger partial charge >= 0.3 is 0 Å². The van der Waals surface area contributed by atoms with E-state index in [1.165, 1.54) is 11.5 Å². The fraction of sp³-hybridized carbons (Fsp3) is 0.409. The summed E-state index contributed by atoms with van der Waals surface area (Å²) in [5.41, 5.74) is 1.73. The zero-order chi connectivity index (χ0) is 20.4. The van der Waals surface area contributed by atoms with Crippen molar-refractivity contribution in [2.24, 2.45) is 0 Å². The van der Waals surface area contributed by atoms with Crippen molar-refractivity contribution >= 4 is 5.78 Å². The summed E-state index contributed by atoms with van der Waals surface area (Å²) in [6, 6.07) is 7.24. The minimum absolute atomic E-state index is 0.00752. The SMILES string of the molecule is Cc1ccc(OCC(=O)c2c(C)c(C#N)c(=O)n(C3CCCC3)c2O)cc1C. The van der Waals surface area contributed by atoms with Crippen LogP contribution in [0.2, 0.25) is 0 Å². The van der Waals surface area contributed by atoms with Gasteiger partial charge in [-0.1, -0.05) is 18.9 Å². The van der Waals surface area contributed by atoms with Gasteiger partial charge in [0, 0.05) is 6.04 Å². The van der Waals surface area contributed by atoms with Crippen LogP contribution in [0.25, 0.3) is 0 Å². The molecule has 0 amide bonds.